The Morgan fingerprint density at radius 3 is 2.91 bits per heavy atom. The lowest BCUT2D eigenvalue weighted by molar-refractivity contribution is -0.127. The molecule has 2 amide bonds. The smallest absolute Gasteiger partial charge is 0.228 e. The van der Waals surface area contributed by atoms with Crippen LogP contribution in [0.5, 0.6) is 0 Å². The predicted octanol–water partition coefficient (Wildman–Crippen LogP) is 1.53. The summed E-state index contributed by atoms with van der Waals surface area (Å²) >= 11 is 0. The topological polar surface area (TPSA) is 78.4 Å². The van der Waals surface area contributed by atoms with Crippen LogP contribution in [0, 0.1) is 11.7 Å². The van der Waals surface area contributed by atoms with E-state index in [0.29, 0.717) is 23.6 Å². The van der Waals surface area contributed by atoms with Crippen LogP contribution >= 0.6 is 0 Å². The first-order chi connectivity index (χ1) is 10.6. The fourth-order valence-electron chi connectivity index (χ4n) is 3.02. The second kappa shape index (κ2) is 6.04. The Morgan fingerprint density at radius 2 is 2.23 bits per heavy atom. The Hall–Kier alpha value is -1.95. The van der Waals surface area contributed by atoms with Gasteiger partial charge in [-0.1, -0.05) is 6.07 Å². The summed E-state index contributed by atoms with van der Waals surface area (Å²) in [6.07, 6.45) is 2.68. The molecule has 1 aliphatic carbocycles. The number of halogens is 1. The first-order valence-corrected chi connectivity index (χ1v) is 7.59. The van der Waals surface area contributed by atoms with Gasteiger partial charge in [-0.05, 0) is 42.9 Å². The van der Waals surface area contributed by atoms with E-state index in [1.165, 1.54) is 12.1 Å². The first kappa shape index (κ1) is 15.0. The number of aliphatic hydroxyl groups excluding tert-OH is 1. The molecule has 22 heavy (non-hydrogen) atoms. The molecule has 3 N–H and O–H groups in total. The molecule has 2 atom stereocenters. The van der Waals surface area contributed by atoms with Gasteiger partial charge in [0.25, 0.3) is 0 Å². The Balaban J connectivity index is 1.79. The zero-order chi connectivity index (χ0) is 15.7. The molecule has 0 saturated heterocycles. The molecule has 0 spiro atoms. The maximum atomic E-state index is 13.3. The molecule has 1 heterocycles. The van der Waals surface area contributed by atoms with Crippen LogP contribution in [-0.2, 0) is 9.59 Å². The molecule has 1 aromatic carbocycles. The van der Waals surface area contributed by atoms with Gasteiger partial charge in [-0.2, -0.15) is 0 Å². The summed E-state index contributed by atoms with van der Waals surface area (Å²) in [5.41, 5.74) is 0.999. The van der Waals surface area contributed by atoms with E-state index >= 15 is 0 Å². The van der Waals surface area contributed by atoms with Crippen molar-refractivity contribution in [3.63, 3.8) is 0 Å². The molecule has 6 heteroatoms. The molecule has 0 radical (unpaired) electrons. The van der Waals surface area contributed by atoms with Crippen LogP contribution in [-0.4, -0.2) is 29.6 Å². The SMILES string of the molecule is O=C1CC(C(=O)NC(CCO)C2CC2)c2ccc(F)cc2N1. The molecule has 1 fully saturated rings. The van der Waals surface area contributed by atoms with Crippen LogP contribution in [0.2, 0.25) is 0 Å². The van der Waals surface area contributed by atoms with Crippen LogP contribution in [0.1, 0.15) is 37.2 Å². The van der Waals surface area contributed by atoms with E-state index in [4.69, 9.17) is 5.11 Å². The van der Waals surface area contributed by atoms with Crippen LogP contribution in [0.25, 0.3) is 0 Å². The highest BCUT2D eigenvalue weighted by Gasteiger charge is 2.36. The van der Waals surface area contributed by atoms with Crippen molar-refractivity contribution < 1.29 is 19.1 Å². The second-order valence-electron chi connectivity index (χ2n) is 6.00. The molecule has 1 aromatic rings. The number of anilines is 1. The summed E-state index contributed by atoms with van der Waals surface area (Å²) < 4.78 is 13.3. The fraction of sp³-hybridized carbons (Fsp3) is 0.500. The van der Waals surface area contributed by atoms with E-state index < -0.39 is 11.7 Å². The van der Waals surface area contributed by atoms with Gasteiger partial charge in [0.2, 0.25) is 11.8 Å². The number of carbonyl (C=O) groups is 2. The number of hydrogen-bond donors (Lipinski definition) is 3. The van der Waals surface area contributed by atoms with Crippen molar-refractivity contribution in [1.29, 1.82) is 0 Å². The summed E-state index contributed by atoms with van der Waals surface area (Å²) in [6, 6.07) is 4.03. The molecular formula is C16H19FN2O3. The van der Waals surface area contributed by atoms with Crippen molar-refractivity contribution in [2.24, 2.45) is 5.92 Å². The lowest BCUT2D eigenvalue weighted by Crippen LogP contribution is -2.42. The van der Waals surface area contributed by atoms with Gasteiger partial charge >= 0.3 is 0 Å². The third-order valence-corrected chi connectivity index (χ3v) is 4.33. The zero-order valence-electron chi connectivity index (χ0n) is 12.1. The van der Waals surface area contributed by atoms with Crippen molar-refractivity contribution >= 4 is 17.5 Å². The third kappa shape index (κ3) is 3.11. The Morgan fingerprint density at radius 1 is 1.45 bits per heavy atom. The number of rotatable bonds is 5. The summed E-state index contributed by atoms with van der Waals surface area (Å²) in [5, 5.41) is 14.7. The number of hydrogen-bond acceptors (Lipinski definition) is 3. The Kier molecular flexibility index (Phi) is 4.11. The van der Waals surface area contributed by atoms with Gasteiger partial charge in [0, 0.05) is 24.8 Å². The number of fused-ring (bicyclic) bond motifs is 1. The van der Waals surface area contributed by atoms with Gasteiger partial charge in [0.15, 0.2) is 0 Å². The minimum atomic E-state index is -0.607. The molecule has 1 aliphatic heterocycles. The maximum Gasteiger partial charge on any atom is 0.228 e. The molecule has 3 rings (SSSR count). The maximum absolute atomic E-state index is 13.3. The highest BCUT2D eigenvalue weighted by atomic mass is 19.1. The molecule has 118 valence electrons. The lowest BCUT2D eigenvalue weighted by atomic mass is 9.89. The molecule has 0 bridgehead atoms. The summed E-state index contributed by atoms with van der Waals surface area (Å²) in [7, 11) is 0. The highest BCUT2D eigenvalue weighted by Crippen LogP contribution is 2.36. The van der Waals surface area contributed by atoms with Crippen molar-refractivity contribution in [2.75, 3.05) is 11.9 Å². The van der Waals surface area contributed by atoms with E-state index in [2.05, 4.69) is 10.6 Å². The quantitative estimate of drug-likeness (QED) is 0.772. The molecule has 5 nitrogen and oxygen atoms in total. The monoisotopic (exact) mass is 306 g/mol. The van der Waals surface area contributed by atoms with Crippen molar-refractivity contribution in [2.45, 2.75) is 37.6 Å². The lowest BCUT2D eigenvalue weighted by Gasteiger charge is -2.27. The summed E-state index contributed by atoms with van der Waals surface area (Å²) in [5.74, 6) is -1.15. The number of aliphatic hydroxyl groups is 1. The minimum absolute atomic E-state index is 0.0222. The normalized spacial score (nSPS) is 21.7. The molecule has 2 aliphatic rings. The van der Waals surface area contributed by atoms with Gasteiger partial charge in [-0.15, -0.1) is 0 Å². The summed E-state index contributed by atoms with van der Waals surface area (Å²) in [4.78, 5) is 24.3. The standard InChI is InChI=1S/C16H19FN2O3/c17-10-3-4-11-12(8-15(21)18-14(11)7-10)16(22)19-13(5-6-20)9-1-2-9/h3-4,7,9,12-13,20H,1-2,5-6,8H2,(H,18,21)(H,19,22). The largest absolute Gasteiger partial charge is 0.396 e. The molecule has 1 saturated carbocycles. The van der Waals surface area contributed by atoms with Gasteiger partial charge in [-0.3, -0.25) is 9.59 Å². The van der Waals surface area contributed by atoms with Crippen LogP contribution < -0.4 is 10.6 Å². The average Bonchev–Trinajstić information content (AvgIpc) is 3.29. The van der Waals surface area contributed by atoms with Crippen molar-refractivity contribution in [3.8, 4) is 0 Å². The van der Waals surface area contributed by atoms with E-state index in [1.807, 2.05) is 0 Å². The van der Waals surface area contributed by atoms with Crippen LogP contribution in [0.15, 0.2) is 18.2 Å². The fourth-order valence-corrected chi connectivity index (χ4v) is 3.02. The average molecular weight is 306 g/mol. The summed E-state index contributed by atoms with van der Waals surface area (Å²) in [6.45, 7) is 0.0222. The van der Waals surface area contributed by atoms with Gasteiger partial charge in [0.05, 0.1) is 5.92 Å². The first-order valence-electron chi connectivity index (χ1n) is 7.59. The molecular weight excluding hydrogens is 287 g/mol. The number of benzene rings is 1. The van der Waals surface area contributed by atoms with Gasteiger partial charge in [-0.25, -0.2) is 4.39 Å². The second-order valence-corrected chi connectivity index (χ2v) is 6.00. The Bertz CT molecular complexity index is 601. The number of amides is 2. The van der Waals surface area contributed by atoms with E-state index in [-0.39, 0.29) is 30.9 Å². The molecule has 2 unspecified atom stereocenters. The highest BCUT2D eigenvalue weighted by molar-refractivity contribution is 6.01. The predicted molar refractivity (Wildman–Crippen MR) is 78.7 cm³/mol. The van der Waals surface area contributed by atoms with Crippen LogP contribution in [0.4, 0.5) is 10.1 Å². The van der Waals surface area contributed by atoms with Crippen molar-refractivity contribution in [1.82, 2.24) is 5.32 Å². The number of nitrogens with one attached hydrogen (secondary N) is 2. The van der Waals surface area contributed by atoms with E-state index in [0.717, 1.165) is 12.8 Å². The number of carbonyl (C=O) groups excluding carboxylic acids is 2. The van der Waals surface area contributed by atoms with Crippen molar-refractivity contribution in [3.05, 3.63) is 29.6 Å². The Labute approximate surface area is 127 Å². The minimum Gasteiger partial charge on any atom is -0.396 e. The van der Waals surface area contributed by atoms with Gasteiger partial charge in [0.1, 0.15) is 5.82 Å². The van der Waals surface area contributed by atoms with E-state index in [1.54, 1.807) is 6.07 Å². The zero-order valence-corrected chi connectivity index (χ0v) is 12.1. The third-order valence-electron chi connectivity index (χ3n) is 4.33. The van der Waals surface area contributed by atoms with Gasteiger partial charge < -0.3 is 15.7 Å². The van der Waals surface area contributed by atoms with E-state index in [9.17, 15) is 14.0 Å². The van der Waals surface area contributed by atoms with Crippen LogP contribution in [0.3, 0.4) is 0 Å². The molecule has 0 aromatic heterocycles.